The van der Waals surface area contributed by atoms with Crippen molar-refractivity contribution in [3.05, 3.63) is 75.9 Å². The van der Waals surface area contributed by atoms with Gasteiger partial charge in [0, 0.05) is 6.92 Å². The second kappa shape index (κ2) is 14.1. The number of rotatable bonds is 4. The molecular weight excluding hydrogens is 580 g/mol. The van der Waals surface area contributed by atoms with Crippen LogP contribution in [0.1, 0.15) is 24.3 Å². The topological polar surface area (TPSA) is 230 Å². The van der Waals surface area contributed by atoms with Crippen molar-refractivity contribution >= 4 is 57.7 Å². The number of fused-ring (bicyclic) bond motifs is 4. The number of benzene rings is 2. The second-order valence-electron chi connectivity index (χ2n) is 8.58. The molecule has 0 atom stereocenters. The number of methoxy groups -OCH3 is 3. The minimum atomic E-state index is -0.909. The fraction of sp³-hybridized carbons (Fsp3) is 0.179. The molecule has 44 heavy (non-hydrogen) atoms. The van der Waals surface area contributed by atoms with Gasteiger partial charge in [-0.1, -0.05) is 24.3 Å². The number of carbonyl (C=O) groups excluding carboxylic acids is 4. The van der Waals surface area contributed by atoms with Crippen LogP contribution in [0.3, 0.4) is 0 Å². The number of aromatic amines is 2. The maximum absolute atomic E-state index is 12.1. The Morgan fingerprint density at radius 3 is 2.05 bits per heavy atom. The first-order chi connectivity index (χ1) is 20.9. The van der Waals surface area contributed by atoms with E-state index in [4.69, 9.17) is 5.73 Å². The molecule has 0 aliphatic heterocycles. The molecule has 16 heteroatoms. The van der Waals surface area contributed by atoms with Crippen molar-refractivity contribution in [1.82, 2.24) is 24.3 Å². The molecule has 0 aliphatic rings. The number of nitrogens with zero attached hydrogens (tertiary/aromatic N) is 3. The fourth-order valence-electron chi connectivity index (χ4n) is 3.68. The molecule has 230 valence electrons. The highest BCUT2D eigenvalue weighted by Gasteiger charge is 2.22. The van der Waals surface area contributed by atoms with Gasteiger partial charge >= 0.3 is 29.4 Å². The third kappa shape index (κ3) is 7.17. The van der Waals surface area contributed by atoms with E-state index in [0.29, 0.717) is 17.0 Å². The van der Waals surface area contributed by atoms with Crippen molar-refractivity contribution in [2.45, 2.75) is 13.8 Å². The van der Waals surface area contributed by atoms with Crippen LogP contribution < -0.4 is 11.3 Å². The van der Waals surface area contributed by atoms with Crippen molar-refractivity contribution in [2.24, 2.45) is 0 Å². The molecule has 0 aliphatic carbocycles. The van der Waals surface area contributed by atoms with E-state index in [2.05, 4.69) is 38.9 Å². The molecule has 5 rings (SSSR count). The van der Waals surface area contributed by atoms with Crippen molar-refractivity contribution in [3.8, 4) is 5.75 Å². The van der Waals surface area contributed by atoms with Crippen molar-refractivity contribution in [2.75, 3.05) is 27.1 Å². The average molecular weight is 609 g/mol. The molecule has 2 aromatic carbocycles. The lowest BCUT2D eigenvalue weighted by Gasteiger charge is -2.07. The number of para-hydroxylation sites is 4. The number of esters is 4. The van der Waals surface area contributed by atoms with Gasteiger partial charge < -0.3 is 39.8 Å². The summed E-state index contributed by atoms with van der Waals surface area (Å²) < 4.78 is 19.0. The number of nitrogens with two attached hydrogens (primary N) is 1. The molecule has 0 spiro atoms. The minimum Gasteiger partial charge on any atom is -0.501 e. The molecule has 0 amide bonds. The highest BCUT2D eigenvalue weighted by atomic mass is 16.6. The van der Waals surface area contributed by atoms with Gasteiger partial charge in [-0.05, 0) is 31.2 Å². The van der Waals surface area contributed by atoms with E-state index in [1.165, 1.54) is 11.3 Å². The second-order valence-corrected chi connectivity index (χ2v) is 8.58. The van der Waals surface area contributed by atoms with E-state index in [9.17, 15) is 29.1 Å². The third-order valence-corrected chi connectivity index (χ3v) is 5.69. The number of anilines is 1. The zero-order chi connectivity index (χ0) is 32.6. The van der Waals surface area contributed by atoms with Gasteiger partial charge in [0.1, 0.15) is 0 Å². The molecule has 16 nitrogen and oxygen atoms in total. The number of nitrogens with one attached hydrogen (secondary N) is 2. The molecule has 3 aromatic heterocycles. The van der Waals surface area contributed by atoms with Crippen LogP contribution in [0.5, 0.6) is 5.75 Å². The van der Waals surface area contributed by atoms with Gasteiger partial charge in [0.25, 0.3) is 0 Å². The molecule has 3 heterocycles. The third-order valence-electron chi connectivity index (χ3n) is 5.69. The molecule has 0 bridgehead atoms. The van der Waals surface area contributed by atoms with E-state index in [1.54, 1.807) is 24.3 Å². The number of imidazole rings is 2. The Morgan fingerprint density at radius 1 is 0.841 bits per heavy atom. The monoisotopic (exact) mass is 608 g/mol. The van der Waals surface area contributed by atoms with E-state index < -0.39 is 46.6 Å². The summed E-state index contributed by atoms with van der Waals surface area (Å²) in [6.07, 6.45) is 0. The predicted molar refractivity (Wildman–Crippen MR) is 155 cm³/mol. The number of carbonyl (C=O) groups is 4. The van der Waals surface area contributed by atoms with Gasteiger partial charge in [-0.25, -0.2) is 28.8 Å². The van der Waals surface area contributed by atoms with E-state index in [-0.39, 0.29) is 11.4 Å². The molecular formula is C28H28N6O10. The van der Waals surface area contributed by atoms with Crippen LogP contribution in [0.4, 0.5) is 5.95 Å². The zero-order valence-electron chi connectivity index (χ0n) is 24.2. The van der Waals surface area contributed by atoms with Crippen LogP contribution in [0.25, 0.3) is 27.8 Å². The van der Waals surface area contributed by atoms with E-state index in [1.807, 2.05) is 24.3 Å². The highest BCUT2D eigenvalue weighted by Crippen LogP contribution is 2.17. The van der Waals surface area contributed by atoms with Crippen LogP contribution >= 0.6 is 0 Å². The lowest BCUT2D eigenvalue weighted by Crippen LogP contribution is -2.18. The molecule has 0 radical (unpaired) electrons. The largest absolute Gasteiger partial charge is 0.501 e. The first kappa shape index (κ1) is 32.3. The summed E-state index contributed by atoms with van der Waals surface area (Å²) in [6.45, 7) is 2.40. The smallest absolute Gasteiger partial charge is 0.374 e. The number of hydrogen-bond donors (Lipinski definition) is 4. The number of aromatic hydroxyl groups is 1. The van der Waals surface area contributed by atoms with Crippen molar-refractivity contribution in [1.29, 1.82) is 0 Å². The summed E-state index contributed by atoms with van der Waals surface area (Å²) >= 11 is 0. The van der Waals surface area contributed by atoms with Gasteiger partial charge in [0.2, 0.25) is 17.3 Å². The van der Waals surface area contributed by atoms with Gasteiger partial charge in [-0.3, -0.25) is 9.59 Å². The van der Waals surface area contributed by atoms with Gasteiger partial charge in [0.15, 0.2) is 11.6 Å². The summed E-state index contributed by atoms with van der Waals surface area (Å²) in [5, 5.41) is 9.76. The van der Waals surface area contributed by atoms with Crippen LogP contribution in [-0.4, -0.2) is 74.6 Å². The summed E-state index contributed by atoms with van der Waals surface area (Å²) in [7, 11) is 3.40. The van der Waals surface area contributed by atoms with Crippen LogP contribution in [0.2, 0.25) is 0 Å². The van der Waals surface area contributed by atoms with Gasteiger partial charge in [-0.2, -0.15) is 0 Å². The van der Waals surface area contributed by atoms with Crippen LogP contribution in [0, 0.1) is 0 Å². The number of hydrogen-bond acceptors (Lipinski definition) is 13. The molecule has 5 aromatic rings. The summed E-state index contributed by atoms with van der Waals surface area (Å²) in [5.41, 5.74) is 7.32. The van der Waals surface area contributed by atoms with Gasteiger partial charge in [0.05, 0.1) is 49.0 Å². The maximum Gasteiger partial charge on any atom is 0.374 e. The zero-order valence-corrected chi connectivity index (χ0v) is 24.2. The molecule has 0 saturated heterocycles. The Hall–Kier alpha value is -6.19. The summed E-state index contributed by atoms with van der Waals surface area (Å²) in [5.74, 6) is -3.81. The number of aromatic nitrogens is 5. The normalized spacial score (nSPS) is 10.9. The summed E-state index contributed by atoms with van der Waals surface area (Å²) in [6, 6.07) is 14.8. The Labute approximate surface area is 248 Å². The Balaban J connectivity index is 0.000000189. The lowest BCUT2D eigenvalue weighted by molar-refractivity contribution is -0.149. The Kier molecular flexibility index (Phi) is 10.4. The number of H-pyrrole nitrogens is 2. The first-order valence-electron chi connectivity index (χ1n) is 12.5. The van der Waals surface area contributed by atoms with Gasteiger partial charge in [-0.15, -0.1) is 0 Å². The molecule has 0 fully saturated rings. The Morgan fingerprint density at radius 2 is 1.45 bits per heavy atom. The highest BCUT2D eigenvalue weighted by molar-refractivity contribution is 5.99. The molecule has 0 saturated carbocycles. The van der Waals surface area contributed by atoms with Crippen molar-refractivity contribution in [3.63, 3.8) is 0 Å². The fourth-order valence-corrected chi connectivity index (χ4v) is 3.68. The molecule has 5 N–H and O–H groups in total. The van der Waals surface area contributed by atoms with E-state index in [0.717, 1.165) is 39.3 Å². The minimum absolute atomic E-state index is 0.125. The average Bonchev–Trinajstić information content (AvgIpc) is 3.60. The quantitative estimate of drug-likeness (QED) is 0.0991. The maximum atomic E-state index is 12.1. The van der Waals surface area contributed by atoms with Crippen LogP contribution in [0.15, 0.2) is 64.7 Å². The van der Waals surface area contributed by atoms with E-state index >= 15 is 0 Å². The van der Waals surface area contributed by atoms with Crippen LogP contribution in [-0.2, 0) is 33.3 Å². The van der Waals surface area contributed by atoms with Crippen molar-refractivity contribution < 1.29 is 43.2 Å². The lowest BCUT2D eigenvalue weighted by atomic mass is 10.2. The number of nitrogen functional groups attached to an aromatic ring is 1. The molecule has 0 unspecified atom stereocenters. The SMILES string of the molecule is COC(=O)/C(C)=C(\OC(C)=O)C(=O)OC.COC(=O)c1nc2[nH]c3ccccc3n2c(=O)c1O.Nc1nc2ccccc2[nH]1. The summed E-state index contributed by atoms with van der Waals surface area (Å²) in [4.78, 5) is 70.2. The predicted octanol–water partition coefficient (Wildman–Crippen LogP) is 1.98. The Bertz CT molecular complexity index is 1920. The number of ether oxygens (including phenoxy) is 4. The first-order valence-corrected chi connectivity index (χ1v) is 12.5. The standard InChI is InChI=1S/C12H9N3O4.C9H12O6.C7H7N3/c1-19-11(18)8-9(16)10(17)15-7-5-3-2-4-6(7)13-12(15)14-8;1-5(8(11)13-3)7(9(12)14-4)15-6(2)10;8-7-9-5-3-1-2-4-6(5)10-7/h2-5,16H,1H3,(H,13,14);1-4H3;1-4H,(H3,8,9,10)/b;7-5-;.